The van der Waals surface area contributed by atoms with Gasteiger partial charge >= 0.3 is 0 Å². The second kappa shape index (κ2) is 12.5. The van der Waals surface area contributed by atoms with Crippen molar-refractivity contribution < 1.29 is 14.4 Å². The Bertz CT molecular complexity index is 1070. The van der Waals surface area contributed by atoms with Crippen molar-refractivity contribution in [3.05, 3.63) is 65.7 Å². The number of carbonyl (C=O) groups is 3. The van der Waals surface area contributed by atoms with E-state index in [0.29, 0.717) is 17.8 Å². The van der Waals surface area contributed by atoms with Gasteiger partial charge in [0.2, 0.25) is 5.91 Å². The van der Waals surface area contributed by atoms with Crippen molar-refractivity contribution in [1.82, 2.24) is 10.2 Å². The van der Waals surface area contributed by atoms with E-state index in [1.165, 1.54) is 23.7 Å². The minimum atomic E-state index is -0.491. The first-order chi connectivity index (χ1) is 17.1. The summed E-state index contributed by atoms with van der Waals surface area (Å²) in [7, 11) is 0. The van der Waals surface area contributed by atoms with E-state index >= 15 is 0 Å². The van der Waals surface area contributed by atoms with Crippen LogP contribution in [0.3, 0.4) is 0 Å². The van der Waals surface area contributed by atoms with Crippen LogP contribution >= 0.6 is 11.8 Å². The van der Waals surface area contributed by atoms with Gasteiger partial charge in [0.1, 0.15) is 5.25 Å². The molecule has 2 aromatic carbocycles. The number of amidine groups is 1. The second-order valence-electron chi connectivity index (χ2n) is 8.92. The third kappa shape index (κ3) is 7.42. The highest BCUT2D eigenvalue weighted by molar-refractivity contribution is 8.15. The average molecular weight is 493 g/mol. The number of nitrogens with zero attached hydrogens (tertiary/aromatic N) is 2. The minimum absolute atomic E-state index is 0.0577. The van der Waals surface area contributed by atoms with Crippen molar-refractivity contribution in [3.63, 3.8) is 0 Å². The number of hydrogen-bond donors (Lipinski definition) is 2. The summed E-state index contributed by atoms with van der Waals surface area (Å²) in [5, 5.41) is 6.03. The van der Waals surface area contributed by atoms with Gasteiger partial charge in [0.05, 0.1) is 0 Å². The van der Waals surface area contributed by atoms with E-state index in [-0.39, 0.29) is 24.1 Å². The second-order valence-corrected chi connectivity index (χ2v) is 10.1. The van der Waals surface area contributed by atoms with Gasteiger partial charge in [-0.05, 0) is 62.3 Å². The predicted octanol–water partition coefficient (Wildman–Crippen LogP) is 4.25. The summed E-state index contributed by atoms with van der Waals surface area (Å²) in [6.45, 7) is 2.43. The van der Waals surface area contributed by atoms with Crippen LogP contribution in [0.5, 0.6) is 0 Å². The molecule has 1 fully saturated rings. The summed E-state index contributed by atoms with van der Waals surface area (Å²) in [6.07, 6.45) is 6.37. The number of rotatable bonds is 9. The molecule has 1 saturated heterocycles. The number of thioether (sulfide) groups is 1. The maximum Gasteiger partial charge on any atom is 0.262 e. The van der Waals surface area contributed by atoms with Gasteiger partial charge in [-0.3, -0.25) is 14.4 Å². The van der Waals surface area contributed by atoms with Gasteiger partial charge in [-0.1, -0.05) is 48.2 Å². The smallest absolute Gasteiger partial charge is 0.262 e. The molecule has 2 N–H and O–H groups in total. The number of benzene rings is 2. The lowest BCUT2D eigenvalue weighted by molar-refractivity contribution is -0.121. The van der Waals surface area contributed by atoms with Gasteiger partial charge in [0.25, 0.3) is 11.8 Å². The number of aryl methyl sites for hydroxylation is 1. The number of likely N-dealkylation sites (tertiary alicyclic amines) is 1. The molecule has 8 heteroatoms. The molecule has 2 aliphatic rings. The van der Waals surface area contributed by atoms with E-state index in [0.717, 1.165) is 50.4 Å². The van der Waals surface area contributed by atoms with Crippen molar-refractivity contribution >= 4 is 40.3 Å². The van der Waals surface area contributed by atoms with Gasteiger partial charge in [0.15, 0.2) is 5.17 Å². The van der Waals surface area contributed by atoms with E-state index < -0.39 is 5.25 Å². The van der Waals surface area contributed by atoms with E-state index in [4.69, 9.17) is 0 Å². The zero-order chi connectivity index (χ0) is 24.5. The Morgan fingerprint density at radius 2 is 1.80 bits per heavy atom. The van der Waals surface area contributed by atoms with Crippen molar-refractivity contribution in [2.45, 2.75) is 50.2 Å². The fraction of sp³-hybridized carbons (Fsp3) is 0.407. The molecule has 0 bridgehead atoms. The number of carbonyl (C=O) groups excluding carboxylic acids is 3. The van der Waals surface area contributed by atoms with Gasteiger partial charge in [-0.25, -0.2) is 0 Å². The Hall–Kier alpha value is -3.13. The van der Waals surface area contributed by atoms with Gasteiger partial charge < -0.3 is 15.5 Å². The number of hydrogen-bond acceptors (Lipinski definition) is 5. The lowest BCUT2D eigenvalue weighted by atomic mass is 10.1. The summed E-state index contributed by atoms with van der Waals surface area (Å²) in [6, 6.07) is 17.2. The summed E-state index contributed by atoms with van der Waals surface area (Å²) in [5.41, 5.74) is 2.33. The molecule has 35 heavy (non-hydrogen) atoms. The molecule has 2 aromatic rings. The van der Waals surface area contributed by atoms with Crippen LogP contribution in [0.15, 0.2) is 59.6 Å². The van der Waals surface area contributed by atoms with Gasteiger partial charge in [-0.2, -0.15) is 4.99 Å². The van der Waals surface area contributed by atoms with E-state index in [9.17, 15) is 14.4 Å². The Morgan fingerprint density at radius 1 is 1.00 bits per heavy atom. The normalized spacial score (nSPS) is 17.7. The molecule has 0 aromatic heterocycles. The zero-order valence-corrected chi connectivity index (χ0v) is 20.7. The standard InChI is InChI=1S/C27H32N4O3S/c32-24(19-23-26(34)30-27(35-23)31-16-7-2-8-17-31)29-22-14-9-13-21(18-22)25(33)28-15-6-5-12-20-10-3-1-4-11-20/h1,3-4,9-11,13-14,18,23H,2,5-8,12,15-17,19H2,(H,28,33)(H,29,32). The maximum absolute atomic E-state index is 12.6. The molecule has 184 valence electrons. The van der Waals surface area contributed by atoms with Crippen LogP contribution in [-0.4, -0.2) is 52.7 Å². The lowest BCUT2D eigenvalue weighted by Gasteiger charge is -2.27. The molecule has 0 aliphatic carbocycles. The quantitative estimate of drug-likeness (QED) is 0.511. The van der Waals surface area contributed by atoms with Crippen LogP contribution in [0.4, 0.5) is 5.69 Å². The molecule has 0 radical (unpaired) electrons. The van der Waals surface area contributed by atoms with Crippen LogP contribution < -0.4 is 10.6 Å². The molecule has 2 heterocycles. The highest BCUT2D eigenvalue weighted by Crippen LogP contribution is 2.29. The number of anilines is 1. The van der Waals surface area contributed by atoms with Crippen LogP contribution in [0.1, 0.15) is 54.4 Å². The van der Waals surface area contributed by atoms with E-state index in [1.54, 1.807) is 24.3 Å². The molecule has 0 spiro atoms. The number of nitrogens with one attached hydrogen (secondary N) is 2. The summed E-state index contributed by atoms with van der Waals surface area (Å²) >= 11 is 1.39. The molecule has 2 aliphatic heterocycles. The number of unbranched alkanes of at least 4 members (excludes halogenated alkanes) is 1. The number of aliphatic imine (C=N–C) groups is 1. The van der Waals surface area contributed by atoms with Crippen molar-refractivity contribution in [3.8, 4) is 0 Å². The van der Waals surface area contributed by atoms with Crippen molar-refractivity contribution in [1.29, 1.82) is 0 Å². The molecular weight excluding hydrogens is 460 g/mol. The third-order valence-electron chi connectivity index (χ3n) is 6.16. The van der Waals surface area contributed by atoms with Crippen LogP contribution in [0, 0.1) is 0 Å². The van der Waals surface area contributed by atoms with Crippen LogP contribution in [-0.2, 0) is 16.0 Å². The number of piperidine rings is 1. The minimum Gasteiger partial charge on any atom is -0.352 e. The van der Waals surface area contributed by atoms with Gasteiger partial charge in [0, 0.05) is 37.3 Å². The topological polar surface area (TPSA) is 90.9 Å². The van der Waals surface area contributed by atoms with Crippen molar-refractivity contribution in [2.24, 2.45) is 4.99 Å². The fourth-order valence-electron chi connectivity index (χ4n) is 4.25. The lowest BCUT2D eigenvalue weighted by Crippen LogP contribution is -2.33. The highest BCUT2D eigenvalue weighted by atomic mass is 32.2. The predicted molar refractivity (Wildman–Crippen MR) is 141 cm³/mol. The monoisotopic (exact) mass is 492 g/mol. The maximum atomic E-state index is 12.6. The molecular formula is C27H32N4O3S. The van der Waals surface area contributed by atoms with Gasteiger partial charge in [-0.15, -0.1) is 0 Å². The summed E-state index contributed by atoms with van der Waals surface area (Å²) in [4.78, 5) is 43.8. The first-order valence-electron chi connectivity index (χ1n) is 12.3. The number of amides is 3. The Balaban J connectivity index is 1.20. The molecule has 1 unspecified atom stereocenters. The SMILES string of the molecule is O=C(CC1SC(N2CCCCC2)=NC1=O)Nc1cccc(C(=O)NCCCCc2ccccc2)c1. The van der Waals surface area contributed by atoms with Crippen molar-refractivity contribution in [2.75, 3.05) is 25.0 Å². The molecule has 4 rings (SSSR count). The fourth-order valence-corrected chi connectivity index (χ4v) is 5.37. The first kappa shape index (κ1) is 25.0. The summed E-state index contributed by atoms with van der Waals surface area (Å²) in [5.74, 6) is -0.669. The first-order valence-corrected chi connectivity index (χ1v) is 13.2. The molecule has 0 saturated carbocycles. The van der Waals surface area contributed by atoms with Crippen LogP contribution in [0.25, 0.3) is 0 Å². The van der Waals surface area contributed by atoms with Crippen LogP contribution in [0.2, 0.25) is 0 Å². The molecule has 7 nitrogen and oxygen atoms in total. The Morgan fingerprint density at radius 3 is 2.60 bits per heavy atom. The highest BCUT2D eigenvalue weighted by Gasteiger charge is 2.33. The summed E-state index contributed by atoms with van der Waals surface area (Å²) < 4.78 is 0. The van der Waals surface area contributed by atoms with E-state index in [2.05, 4.69) is 32.7 Å². The molecule has 1 atom stereocenters. The average Bonchev–Trinajstić information content (AvgIpc) is 3.24. The Kier molecular flexibility index (Phi) is 8.95. The Labute approximate surface area is 210 Å². The third-order valence-corrected chi connectivity index (χ3v) is 7.37. The zero-order valence-electron chi connectivity index (χ0n) is 19.9. The molecule has 3 amide bonds. The van der Waals surface area contributed by atoms with E-state index in [1.807, 2.05) is 18.2 Å². The largest absolute Gasteiger partial charge is 0.352 e.